The van der Waals surface area contributed by atoms with Gasteiger partial charge in [-0.3, -0.25) is 0 Å². The molecule has 1 rings (SSSR count). The highest BCUT2D eigenvalue weighted by Gasteiger charge is 2.09. The van der Waals surface area contributed by atoms with Crippen LogP contribution in [0.4, 0.5) is 0 Å². The number of rotatable bonds is 9. The Morgan fingerprint density at radius 1 is 1.10 bits per heavy atom. The highest BCUT2D eigenvalue weighted by molar-refractivity contribution is 6.31. The van der Waals surface area contributed by atoms with E-state index >= 15 is 0 Å². The molecule has 0 radical (unpaired) electrons. The third-order valence-electron chi connectivity index (χ3n) is 2.87. The molecular weight excluding hydrogens is 278 g/mol. The van der Waals surface area contributed by atoms with Crippen LogP contribution >= 0.6 is 11.6 Å². The average Bonchev–Trinajstić information content (AvgIpc) is 2.43. The normalized spacial score (nSPS) is 10.9. The largest absolute Gasteiger partial charge is 0.493 e. The summed E-state index contributed by atoms with van der Waals surface area (Å²) in [5.41, 5.74) is 1.00. The number of halogens is 1. The van der Waals surface area contributed by atoms with Gasteiger partial charge in [0.05, 0.1) is 27.4 Å². The van der Waals surface area contributed by atoms with Crippen LogP contribution in [0.25, 0.3) is 0 Å². The molecule has 0 spiro atoms. The van der Waals surface area contributed by atoms with E-state index in [9.17, 15) is 0 Å². The van der Waals surface area contributed by atoms with E-state index in [0.29, 0.717) is 35.8 Å². The maximum absolute atomic E-state index is 6.22. The third kappa shape index (κ3) is 5.57. The summed E-state index contributed by atoms with van der Waals surface area (Å²) in [4.78, 5) is 0. The van der Waals surface area contributed by atoms with Gasteiger partial charge in [-0.1, -0.05) is 25.4 Å². The highest BCUT2D eigenvalue weighted by Crippen LogP contribution is 2.33. The fourth-order valence-electron chi connectivity index (χ4n) is 1.79. The molecule has 114 valence electrons. The minimum atomic E-state index is 0.485. The van der Waals surface area contributed by atoms with Crippen molar-refractivity contribution < 1.29 is 14.2 Å². The van der Waals surface area contributed by atoms with E-state index in [4.69, 9.17) is 25.8 Å². The van der Waals surface area contributed by atoms with Gasteiger partial charge in [0.25, 0.3) is 0 Å². The summed E-state index contributed by atoms with van der Waals surface area (Å²) < 4.78 is 16.1. The van der Waals surface area contributed by atoms with E-state index < -0.39 is 0 Å². The van der Waals surface area contributed by atoms with Crippen molar-refractivity contribution in [2.45, 2.75) is 26.3 Å². The number of methoxy groups -OCH3 is 2. The Bertz CT molecular complexity index is 410. The standard InChI is InChI=1S/C15H24ClNO3/c1-11(2)17-6-8-20-7-5-12-9-14(18-3)15(19-4)10-13(12)16/h9-11,17H,5-8H2,1-4H3. The van der Waals surface area contributed by atoms with Gasteiger partial charge in [0.2, 0.25) is 0 Å². The molecule has 1 aromatic carbocycles. The Balaban J connectivity index is 2.43. The predicted octanol–water partition coefficient (Wildman–Crippen LogP) is 2.91. The zero-order chi connectivity index (χ0) is 15.0. The first-order valence-electron chi connectivity index (χ1n) is 6.80. The lowest BCUT2D eigenvalue weighted by Gasteiger charge is -2.12. The lowest BCUT2D eigenvalue weighted by molar-refractivity contribution is 0.137. The van der Waals surface area contributed by atoms with Crippen molar-refractivity contribution in [1.82, 2.24) is 5.32 Å². The molecule has 0 atom stereocenters. The van der Waals surface area contributed by atoms with Gasteiger partial charge in [-0.2, -0.15) is 0 Å². The maximum atomic E-state index is 6.22. The van der Waals surface area contributed by atoms with Crippen molar-refractivity contribution in [3.8, 4) is 11.5 Å². The molecule has 0 bridgehead atoms. The van der Waals surface area contributed by atoms with Gasteiger partial charge >= 0.3 is 0 Å². The monoisotopic (exact) mass is 301 g/mol. The molecular formula is C15H24ClNO3. The van der Waals surface area contributed by atoms with Crippen LogP contribution in [-0.2, 0) is 11.2 Å². The van der Waals surface area contributed by atoms with Crippen LogP contribution in [0.15, 0.2) is 12.1 Å². The molecule has 0 aliphatic rings. The van der Waals surface area contributed by atoms with E-state index in [0.717, 1.165) is 18.5 Å². The van der Waals surface area contributed by atoms with Crippen molar-refractivity contribution in [1.29, 1.82) is 0 Å². The number of benzene rings is 1. The van der Waals surface area contributed by atoms with Crippen molar-refractivity contribution in [2.75, 3.05) is 34.0 Å². The fraction of sp³-hybridized carbons (Fsp3) is 0.600. The average molecular weight is 302 g/mol. The van der Waals surface area contributed by atoms with Crippen LogP contribution in [-0.4, -0.2) is 40.0 Å². The lowest BCUT2D eigenvalue weighted by Crippen LogP contribution is -2.26. The summed E-state index contributed by atoms with van der Waals surface area (Å²) in [5, 5.41) is 3.97. The minimum Gasteiger partial charge on any atom is -0.493 e. The SMILES string of the molecule is COc1cc(Cl)c(CCOCCNC(C)C)cc1OC. The fourth-order valence-corrected chi connectivity index (χ4v) is 2.04. The zero-order valence-corrected chi connectivity index (χ0v) is 13.4. The van der Waals surface area contributed by atoms with Gasteiger partial charge in [-0.15, -0.1) is 0 Å². The first kappa shape index (κ1) is 17.1. The summed E-state index contributed by atoms with van der Waals surface area (Å²) in [7, 11) is 3.21. The molecule has 0 heterocycles. The van der Waals surface area contributed by atoms with Crippen LogP contribution in [0.2, 0.25) is 5.02 Å². The Hall–Kier alpha value is -0.970. The summed E-state index contributed by atoms with van der Waals surface area (Å²) in [5.74, 6) is 1.33. The number of hydrogen-bond acceptors (Lipinski definition) is 4. The maximum Gasteiger partial charge on any atom is 0.162 e. The molecule has 0 saturated carbocycles. The summed E-state index contributed by atoms with van der Waals surface area (Å²) in [6.45, 7) is 6.42. The lowest BCUT2D eigenvalue weighted by atomic mass is 10.1. The summed E-state index contributed by atoms with van der Waals surface area (Å²) >= 11 is 6.22. The van der Waals surface area contributed by atoms with E-state index in [1.54, 1.807) is 20.3 Å². The van der Waals surface area contributed by atoms with E-state index in [2.05, 4.69) is 19.2 Å². The molecule has 0 amide bonds. The quantitative estimate of drug-likeness (QED) is 0.712. The molecule has 0 aromatic heterocycles. The van der Waals surface area contributed by atoms with Gasteiger partial charge in [0.1, 0.15) is 0 Å². The number of nitrogens with one attached hydrogen (secondary N) is 1. The third-order valence-corrected chi connectivity index (χ3v) is 3.22. The topological polar surface area (TPSA) is 39.7 Å². The van der Waals surface area contributed by atoms with Crippen molar-refractivity contribution in [3.05, 3.63) is 22.7 Å². The van der Waals surface area contributed by atoms with Crippen molar-refractivity contribution >= 4 is 11.6 Å². The molecule has 4 nitrogen and oxygen atoms in total. The molecule has 0 unspecified atom stereocenters. The van der Waals surface area contributed by atoms with E-state index in [1.165, 1.54) is 0 Å². The van der Waals surface area contributed by atoms with Gasteiger partial charge < -0.3 is 19.5 Å². The molecule has 0 fully saturated rings. The molecule has 1 aromatic rings. The van der Waals surface area contributed by atoms with Crippen LogP contribution in [0.3, 0.4) is 0 Å². The molecule has 0 saturated heterocycles. The predicted molar refractivity (Wildman–Crippen MR) is 82.2 cm³/mol. The second-order valence-electron chi connectivity index (χ2n) is 4.77. The highest BCUT2D eigenvalue weighted by atomic mass is 35.5. The van der Waals surface area contributed by atoms with Crippen LogP contribution in [0, 0.1) is 0 Å². The van der Waals surface area contributed by atoms with Gasteiger partial charge in [-0.05, 0) is 18.1 Å². The number of hydrogen-bond donors (Lipinski definition) is 1. The van der Waals surface area contributed by atoms with Gasteiger partial charge in [0.15, 0.2) is 11.5 Å². The second-order valence-corrected chi connectivity index (χ2v) is 5.18. The summed E-state index contributed by atoms with van der Waals surface area (Å²) in [6.07, 6.45) is 0.751. The molecule has 0 aliphatic heterocycles. The van der Waals surface area contributed by atoms with Crippen LogP contribution in [0.1, 0.15) is 19.4 Å². The van der Waals surface area contributed by atoms with Gasteiger partial charge in [0, 0.05) is 23.7 Å². The second kappa shape index (κ2) is 9.06. The van der Waals surface area contributed by atoms with Crippen molar-refractivity contribution in [2.24, 2.45) is 0 Å². The smallest absolute Gasteiger partial charge is 0.162 e. The Labute approximate surface area is 126 Å². The van der Waals surface area contributed by atoms with Crippen LogP contribution in [0.5, 0.6) is 11.5 Å². The first-order chi connectivity index (χ1) is 9.58. The van der Waals surface area contributed by atoms with E-state index in [1.807, 2.05) is 6.07 Å². The van der Waals surface area contributed by atoms with Gasteiger partial charge in [-0.25, -0.2) is 0 Å². The Kier molecular flexibility index (Phi) is 7.73. The number of ether oxygens (including phenoxy) is 3. The van der Waals surface area contributed by atoms with E-state index in [-0.39, 0.29) is 0 Å². The molecule has 1 N–H and O–H groups in total. The van der Waals surface area contributed by atoms with Crippen molar-refractivity contribution in [3.63, 3.8) is 0 Å². The molecule has 0 aliphatic carbocycles. The van der Waals surface area contributed by atoms with Crippen LogP contribution < -0.4 is 14.8 Å². The Morgan fingerprint density at radius 3 is 2.35 bits per heavy atom. The molecule has 20 heavy (non-hydrogen) atoms. The first-order valence-corrected chi connectivity index (χ1v) is 7.17. The Morgan fingerprint density at radius 2 is 1.75 bits per heavy atom. The molecule has 5 heteroatoms. The summed E-state index contributed by atoms with van der Waals surface area (Å²) in [6, 6.07) is 4.16. The minimum absolute atomic E-state index is 0.485. The zero-order valence-electron chi connectivity index (χ0n) is 12.7.